The number of carbonyl (C=O) groups excluding carboxylic acids is 1. The van der Waals surface area contributed by atoms with E-state index in [-0.39, 0.29) is 17.2 Å². The Morgan fingerprint density at radius 1 is 1.06 bits per heavy atom. The normalized spacial score (nSPS) is 11.5. The van der Waals surface area contributed by atoms with Crippen LogP contribution in [-0.2, 0) is 27.6 Å². The van der Waals surface area contributed by atoms with E-state index in [1.807, 2.05) is 37.3 Å². The zero-order valence-corrected chi connectivity index (χ0v) is 19.9. The van der Waals surface area contributed by atoms with Crippen LogP contribution in [0.2, 0.25) is 0 Å². The second kappa shape index (κ2) is 9.68. The lowest BCUT2D eigenvalue weighted by Gasteiger charge is -2.20. The van der Waals surface area contributed by atoms with Gasteiger partial charge in [0, 0.05) is 18.6 Å². The summed E-state index contributed by atoms with van der Waals surface area (Å²) in [6.07, 6.45) is 4.68. The van der Waals surface area contributed by atoms with Crippen molar-refractivity contribution in [3.8, 4) is 5.75 Å². The third-order valence-electron chi connectivity index (χ3n) is 4.97. The molecular weight excluding hydrogens is 458 g/mol. The summed E-state index contributed by atoms with van der Waals surface area (Å²) in [7, 11) is -3.29. The first-order chi connectivity index (χ1) is 15.8. The van der Waals surface area contributed by atoms with E-state index >= 15 is 0 Å². The first kappa shape index (κ1) is 22.9. The topological polar surface area (TPSA) is 89.5 Å². The molecule has 0 aliphatic carbocycles. The van der Waals surface area contributed by atoms with Crippen LogP contribution in [0.15, 0.2) is 71.9 Å². The Kier molecular flexibility index (Phi) is 6.71. The number of amides is 1. The predicted molar refractivity (Wildman–Crippen MR) is 129 cm³/mol. The van der Waals surface area contributed by atoms with Gasteiger partial charge in [0.05, 0.1) is 29.2 Å². The van der Waals surface area contributed by atoms with Gasteiger partial charge in [-0.3, -0.25) is 14.7 Å². The van der Waals surface area contributed by atoms with Crippen LogP contribution in [-0.4, -0.2) is 37.2 Å². The second-order valence-electron chi connectivity index (χ2n) is 7.47. The monoisotopic (exact) mass is 481 g/mol. The fourth-order valence-corrected chi connectivity index (χ4v) is 4.99. The quantitative estimate of drug-likeness (QED) is 0.373. The van der Waals surface area contributed by atoms with Gasteiger partial charge in [-0.1, -0.05) is 35.6 Å². The third kappa shape index (κ3) is 5.37. The number of para-hydroxylation sites is 1. The summed E-state index contributed by atoms with van der Waals surface area (Å²) in [5.74, 6) is 0.533. The minimum absolute atomic E-state index is 0.110. The smallest absolute Gasteiger partial charge is 0.233 e. The molecule has 0 atom stereocenters. The standard InChI is InChI=1S/C24H23N3O4S2/c1-3-31-20-7-4-8-21-23(20)26-24(32-21)27(16-18-6-5-13-25-15-18)22(28)14-17-9-11-19(12-10-17)33(2,29)30/h4-13,15H,3,14,16H2,1-2H3. The summed E-state index contributed by atoms with van der Waals surface area (Å²) in [5.41, 5.74) is 2.32. The van der Waals surface area contributed by atoms with Gasteiger partial charge in [0.15, 0.2) is 15.0 Å². The highest BCUT2D eigenvalue weighted by atomic mass is 32.2. The average Bonchev–Trinajstić information content (AvgIpc) is 3.23. The second-order valence-corrected chi connectivity index (χ2v) is 10.5. The molecule has 1 amide bonds. The van der Waals surface area contributed by atoms with Gasteiger partial charge in [-0.2, -0.15) is 0 Å². The molecule has 33 heavy (non-hydrogen) atoms. The van der Waals surface area contributed by atoms with Crippen molar-refractivity contribution in [2.24, 2.45) is 0 Å². The van der Waals surface area contributed by atoms with Crippen molar-refractivity contribution >= 4 is 42.4 Å². The number of rotatable bonds is 8. The number of carbonyl (C=O) groups is 1. The molecule has 2 aromatic heterocycles. The molecular formula is C24H23N3O4S2. The number of sulfone groups is 1. The summed E-state index contributed by atoms with van der Waals surface area (Å²) in [4.78, 5) is 24.2. The Hall–Kier alpha value is -3.30. The Morgan fingerprint density at radius 3 is 2.52 bits per heavy atom. The van der Waals surface area contributed by atoms with E-state index in [0.29, 0.717) is 24.0 Å². The maximum Gasteiger partial charge on any atom is 0.233 e. The largest absolute Gasteiger partial charge is 0.492 e. The van der Waals surface area contributed by atoms with Crippen molar-refractivity contribution in [2.75, 3.05) is 17.8 Å². The number of thiazole rings is 1. The van der Waals surface area contributed by atoms with Crippen LogP contribution >= 0.6 is 11.3 Å². The van der Waals surface area contributed by atoms with E-state index < -0.39 is 9.84 Å². The summed E-state index contributed by atoms with van der Waals surface area (Å²) in [5, 5.41) is 0.568. The Labute approximate surface area is 196 Å². The van der Waals surface area contributed by atoms with Crippen molar-refractivity contribution in [1.82, 2.24) is 9.97 Å². The number of anilines is 1. The predicted octanol–water partition coefficient (Wildman–Crippen LogP) is 4.27. The fraction of sp³-hybridized carbons (Fsp3) is 0.208. The van der Waals surface area contributed by atoms with Crippen LogP contribution in [0.1, 0.15) is 18.1 Å². The lowest BCUT2D eigenvalue weighted by atomic mass is 10.1. The molecule has 9 heteroatoms. The van der Waals surface area contributed by atoms with Crippen molar-refractivity contribution in [3.63, 3.8) is 0 Å². The maximum atomic E-state index is 13.4. The van der Waals surface area contributed by atoms with E-state index in [1.165, 1.54) is 23.5 Å². The van der Waals surface area contributed by atoms with Crippen LogP contribution in [0, 0.1) is 0 Å². The number of aromatic nitrogens is 2. The molecule has 0 spiro atoms. The van der Waals surface area contributed by atoms with Gasteiger partial charge < -0.3 is 4.74 Å². The molecule has 0 unspecified atom stereocenters. The van der Waals surface area contributed by atoms with E-state index in [2.05, 4.69) is 4.98 Å². The number of fused-ring (bicyclic) bond motifs is 1. The van der Waals surface area contributed by atoms with Crippen molar-refractivity contribution < 1.29 is 17.9 Å². The molecule has 0 saturated heterocycles. The van der Waals surface area contributed by atoms with Gasteiger partial charge >= 0.3 is 0 Å². The summed E-state index contributed by atoms with van der Waals surface area (Å²) in [6, 6.07) is 15.9. The number of hydrogen-bond donors (Lipinski definition) is 0. The molecule has 4 aromatic rings. The van der Waals surface area contributed by atoms with Crippen molar-refractivity contribution in [2.45, 2.75) is 24.8 Å². The van der Waals surface area contributed by atoms with Gasteiger partial charge in [-0.05, 0) is 48.4 Å². The van der Waals surface area contributed by atoms with E-state index in [9.17, 15) is 13.2 Å². The molecule has 0 radical (unpaired) electrons. The summed E-state index contributed by atoms with van der Waals surface area (Å²) < 4.78 is 30.1. The van der Waals surface area contributed by atoms with Gasteiger partial charge in [0.2, 0.25) is 5.91 Å². The van der Waals surface area contributed by atoms with E-state index in [4.69, 9.17) is 9.72 Å². The Balaban J connectivity index is 1.67. The average molecular weight is 482 g/mol. The number of benzene rings is 2. The number of ether oxygens (including phenoxy) is 1. The Morgan fingerprint density at radius 2 is 1.85 bits per heavy atom. The highest BCUT2D eigenvalue weighted by Gasteiger charge is 2.22. The van der Waals surface area contributed by atoms with Gasteiger partial charge in [0.1, 0.15) is 11.3 Å². The van der Waals surface area contributed by atoms with Crippen LogP contribution in [0.3, 0.4) is 0 Å². The maximum absolute atomic E-state index is 13.4. The molecule has 7 nitrogen and oxygen atoms in total. The van der Waals surface area contributed by atoms with Crippen LogP contribution < -0.4 is 9.64 Å². The molecule has 2 heterocycles. The van der Waals surface area contributed by atoms with Gasteiger partial charge in [0.25, 0.3) is 0 Å². The molecule has 0 aliphatic rings. The number of pyridine rings is 1. The fourth-order valence-electron chi connectivity index (χ4n) is 3.36. The van der Waals surface area contributed by atoms with Crippen LogP contribution in [0.4, 0.5) is 5.13 Å². The molecule has 4 rings (SSSR count). The van der Waals surface area contributed by atoms with E-state index in [0.717, 1.165) is 27.6 Å². The highest BCUT2D eigenvalue weighted by molar-refractivity contribution is 7.90. The highest BCUT2D eigenvalue weighted by Crippen LogP contribution is 2.35. The first-order valence-corrected chi connectivity index (χ1v) is 13.1. The van der Waals surface area contributed by atoms with Crippen molar-refractivity contribution in [3.05, 3.63) is 78.1 Å². The minimum Gasteiger partial charge on any atom is -0.492 e. The van der Waals surface area contributed by atoms with Gasteiger partial charge in [-0.25, -0.2) is 13.4 Å². The molecule has 2 aromatic carbocycles. The zero-order valence-electron chi connectivity index (χ0n) is 18.3. The number of nitrogens with zero attached hydrogens (tertiary/aromatic N) is 3. The van der Waals surface area contributed by atoms with Crippen LogP contribution in [0.25, 0.3) is 10.2 Å². The molecule has 0 aliphatic heterocycles. The minimum atomic E-state index is -3.29. The lowest BCUT2D eigenvalue weighted by Crippen LogP contribution is -2.31. The SMILES string of the molecule is CCOc1cccc2sc(N(Cc3cccnc3)C(=O)Cc3ccc(S(C)(=O)=O)cc3)nc12. The molecule has 170 valence electrons. The molecule has 0 N–H and O–H groups in total. The molecule has 0 saturated carbocycles. The molecule has 0 fully saturated rings. The summed E-state index contributed by atoms with van der Waals surface area (Å²) in [6.45, 7) is 2.76. The summed E-state index contributed by atoms with van der Waals surface area (Å²) >= 11 is 1.42. The first-order valence-electron chi connectivity index (χ1n) is 10.4. The third-order valence-corrected chi connectivity index (χ3v) is 7.14. The van der Waals surface area contributed by atoms with Gasteiger partial charge in [-0.15, -0.1) is 0 Å². The van der Waals surface area contributed by atoms with Crippen LogP contribution in [0.5, 0.6) is 5.75 Å². The van der Waals surface area contributed by atoms with Crippen molar-refractivity contribution in [1.29, 1.82) is 0 Å². The molecule has 0 bridgehead atoms. The number of hydrogen-bond acceptors (Lipinski definition) is 7. The van der Waals surface area contributed by atoms with E-state index in [1.54, 1.807) is 29.4 Å². The Bertz CT molecular complexity index is 1370. The zero-order chi connectivity index (χ0) is 23.4. The lowest BCUT2D eigenvalue weighted by molar-refractivity contribution is -0.118.